The number of hydrogen-bond acceptors (Lipinski definition) is 2. The molecule has 0 aliphatic carbocycles. The maximum Gasteiger partial charge on any atom is 1.00 e. The Bertz CT molecular complexity index is 709. The summed E-state index contributed by atoms with van der Waals surface area (Å²) < 4.78 is 20.7. The van der Waals surface area contributed by atoms with E-state index in [2.05, 4.69) is 25.5 Å². The Morgan fingerprint density at radius 3 is 1.89 bits per heavy atom. The van der Waals surface area contributed by atoms with Crippen molar-refractivity contribution in [1.29, 1.82) is 0 Å². The van der Waals surface area contributed by atoms with Crippen molar-refractivity contribution in [3.8, 4) is 24.7 Å². The fraction of sp³-hybridized carbons (Fsp3) is 0.167. The molecule has 2 aromatic rings. The molecule has 0 spiro atoms. The molecule has 0 bridgehead atoms. The van der Waals surface area contributed by atoms with Gasteiger partial charge in [-0.05, 0) is 16.7 Å². The largest absolute Gasteiger partial charge is 1.00 e. The first-order chi connectivity index (χ1) is 13.6. The minimum Gasteiger partial charge on any atom is -1.00 e. The molecule has 1 N–H and O–H groups in total. The average molecular weight is 391 g/mol. The summed E-state index contributed by atoms with van der Waals surface area (Å²) in [4.78, 5) is 0. The Kier molecular flexibility index (Phi) is 25.0. The van der Waals surface area contributed by atoms with Gasteiger partial charge in [0.15, 0.2) is 0 Å². The van der Waals surface area contributed by atoms with Gasteiger partial charge < -0.3 is 11.3 Å². The van der Waals surface area contributed by atoms with E-state index in [1.54, 1.807) is 0 Å². The van der Waals surface area contributed by atoms with Gasteiger partial charge in [0.05, 0.1) is 15.1 Å². The number of rotatable bonds is 5. The Balaban J connectivity index is -0.000000171. The van der Waals surface area contributed by atoms with Crippen LogP contribution in [0.3, 0.4) is 0 Å². The van der Waals surface area contributed by atoms with Crippen molar-refractivity contribution < 1.29 is 46.6 Å². The summed E-state index contributed by atoms with van der Waals surface area (Å²) in [6.45, 7) is 8.09. The molecule has 2 aromatic carbocycles. The third-order valence-electron chi connectivity index (χ3n) is 2.80. The second-order valence-corrected chi connectivity index (χ2v) is 4.62. The van der Waals surface area contributed by atoms with Crippen LogP contribution in [0, 0.1) is 24.7 Å². The topological polar surface area (TPSA) is 29.5 Å². The molecule has 0 aliphatic rings. The molecule has 0 saturated heterocycles. The first-order valence-electron chi connectivity index (χ1n) is 8.63. The summed E-state index contributed by atoms with van der Waals surface area (Å²) in [5.41, 5.74) is 3.41. The Morgan fingerprint density at radius 2 is 1.54 bits per heavy atom. The molecule has 0 saturated carbocycles. The maximum absolute atomic E-state index is 9.96. The quantitative estimate of drug-likeness (QED) is 0.481. The molecule has 0 unspecified atom stereocenters. The molecule has 0 aromatic heterocycles. The van der Waals surface area contributed by atoms with Crippen LogP contribution in [-0.2, 0) is 11.3 Å². The zero-order valence-electron chi connectivity index (χ0n) is 18.5. The Morgan fingerprint density at radius 1 is 1.07 bits per heavy atom. The predicted molar refractivity (Wildman–Crippen MR) is 116 cm³/mol. The van der Waals surface area contributed by atoms with E-state index < -0.39 is 7.15 Å². The summed E-state index contributed by atoms with van der Waals surface area (Å²) in [7, 11) is -1.00. The van der Waals surface area contributed by atoms with Crippen LogP contribution in [0.25, 0.3) is 12.2 Å². The number of benzene rings is 2. The molecule has 0 fully saturated rings. The third kappa shape index (κ3) is 18.7. The molecule has 28 heavy (non-hydrogen) atoms. The molecule has 0 amide bonds. The normalized spacial score (nSPS) is 8.07. The van der Waals surface area contributed by atoms with E-state index in [1.807, 2.05) is 72.7 Å². The van der Waals surface area contributed by atoms with E-state index in [-0.39, 0.29) is 37.6 Å². The molecule has 0 heterocycles. The molecule has 144 valence electrons. The van der Waals surface area contributed by atoms with E-state index in [4.69, 9.17) is 17.6 Å². The van der Waals surface area contributed by atoms with Gasteiger partial charge in [-0.3, -0.25) is 4.39 Å². The Labute approximate surface area is 194 Å². The standard InChI is InChI=1S/C12H12O.C8H8.C3H4O.CH3F.Na.H/c1-3-9-13-10-12-7-5-11(4-2)6-8-12;1-2-8-6-4-3-5-7-8;1-2-3-4;1-2;;/h1,4-8H,2,9-10H2;2-7H,1H2;1,4H,3H2;1H3;;/q;;;;+1;-1/i;;;1D;;. The first kappa shape index (κ1) is 28.1. The van der Waals surface area contributed by atoms with Gasteiger partial charge >= 0.3 is 29.6 Å². The monoisotopic (exact) mass is 391 g/mol. The van der Waals surface area contributed by atoms with Crippen LogP contribution >= 0.6 is 0 Å². The van der Waals surface area contributed by atoms with Gasteiger partial charge in [-0.1, -0.05) is 91.7 Å². The fourth-order valence-electron chi connectivity index (χ4n) is 1.57. The average Bonchev–Trinajstić information content (AvgIpc) is 2.76. The summed E-state index contributed by atoms with van der Waals surface area (Å²) in [6, 6.07) is 18.0. The first-order valence-corrected chi connectivity index (χ1v) is 7.92. The van der Waals surface area contributed by atoms with E-state index in [0.717, 1.165) is 11.1 Å². The maximum atomic E-state index is 9.96. The van der Waals surface area contributed by atoms with Gasteiger partial charge in [0.25, 0.3) is 0 Å². The number of aliphatic hydroxyl groups is 1. The number of halogens is 1. The van der Waals surface area contributed by atoms with Crippen LogP contribution in [0.4, 0.5) is 4.39 Å². The van der Waals surface area contributed by atoms with Gasteiger partial charge in [0.1, 0.15) is 13.2 Å². The minimum absolute atomic E-state index is 0. The van der Waals surface area contributed by atoms with Gasteiger partial charge in [-0.15, -0.1) is 12.8 Å². The van der Waals surface area contributed by atoms with Crippen molar-refractivity contribution >= 4 is 12.2 Å². The van der Waals surface area contributed by atoms with Crippen LogP contribution in [0.2, 0.25) is 0 Å². The van der Waals surface area contributed by atoms with E-state index in [0.29, 0.717) is 13.2 Å². The van der Waals surface area contributed by atoms with Crippen molar-refractivity contribution in [2.45, 2.75) is 6.61 Å². The Hall–Kier alpha value is -2.11. The molecule has 2 rings (SSSR count). The molecule has 0 radical (unpaired) electrons. The van der Waals surface area contributed by atoms with E-state index in [1.165, 1.54) is 5.56 Å². The number of aliphatic hydroxyl groups excluding tert-OH is 1. The van der Waals surface area contributed by atoms with E-state index in [9.17, 15) is 4.39 Å². The van der Waals surface area contributed by atoms with Crippen LogP contribution in [0.1, 0.15) is 19.5 Å². The van der Waals surface area contributed by atoms with Crippen molar-refractivity contribution in [2.75, 3.05) is 20.4 Å². The second-order valence-electron chi connectivity index (χ2n) is 4.62. The molecule has 4 heteroatoms. The molecule has 0 atom stereocenters. The fourth-order valence-corrected chi connectivity index (χ4v) is 1.57. The minimum atomic E-state index is -1.00. The van der Waals surface area contributed by atoms with E-state index >= 15 is 0 Å². The predicted octanol–water partition coefficient (Wildman–Crippen LogP) is 2.12. The number of ether oxygens (including phenoxy) is 1. The molecule has 2 nitrogen and oxygen atoms in total. The summed E-state index contributed by atoms with van der Waals surface area (Å²) in [5.74, 6) is 4.41. The summed E-state index contributed by atoms with van der Waals surface area (Å²) >= 11 is 0. The van der Waals surface area contributed by atoms with Crippen molar-refractivity contribution in [2.24, 2.45) is 0 Å². The summed E-state index contributed by atoms with van der Waals surface area (Å²) in [5, 5.41) is 7.64. The number of hydrogen-bond donors (Lipinski definition) is 1. The second kappa shape index (κ2) is 24.9. The molecule has 0 aliphatic heterocycles. The van der Waals surface area contributed by atoms with Gasteiger partial charge in [-0.2, -0.15) is 0 Å². The van der Waals surface area contributed by atoms with Crippen LogP contribution in [-0.4, -0.2) is 25.5 Å². The SMILES string of the molecule is C#CCO.C#CCOCc1ccc(C=C)cc1.C=Cc1ccccc1.[2H]CF.[H-].[Na+]. The van der Waals surface area contributed by atoms with Crippen molar-refractivity contribution in [3.63, 3.8) is 0 Å². The summed E-state index contributed by atoms with van der Waals surface area (Å²) in [6.07, 6.45) is 13.2. The van der Waals surface area contributed by atoms with Gasteiger partial charge in [-0.25, -0.2) is 0 Å². The number of terminal acetylenes is 2. The van der Waals surface area contributed by atoms with Crippen molar-refractivity contribution in [1.82, 2.24) is 0 Å². The van der Waals surface area contributed by atoms with Crippen LogP contribution in [0.15, 0.2) is 67.8 Å². The van der Waals surface area contributed by atoms with Crippen LogP contribution < -0.4 is 29.6 Å². The van der Waals surface area contributed by atoms with Crippen LogP contribution in [0.5, 0.6) is 0 Å². The number of alkyl halides is 1. The smallest absolute Gasteiger partial charge is 1.00 e. The molecular formula is C24H28FNaO2. The van der Waals surface area contributed by atoms with Gasteiger partial charge in [0.2, 0.25) is 0 Å². The zero-order chi connectivity index (χ0) is 21.5. The van der Waals surface area contributed by atoms with Gasteiger partial charge in [0, 0.05) is 0 Å². The third-order valence-corrected chi connectivity index (χ3v) is 2.80. The van der Waals surface area contributed by atoms with Crippen molar-refractivity contribution in [3.05, 3.63) is 84.4 Å². The molecular weight excluding hydrogens is 362 g/mol. The zero-order valence-corrected chi connectivity index (χ0v) is 18.5.